The highest BCUT2D eigenvalue weighted by Gasteiger charge is 2.14. The van der Waals surface area contributed by atoms with E-state index in [-0.39, 0.29) is 5.69 Å². The van der Waals surface area contributed by atoms with Crippen LogP contribution in [-0.2, 0) is 16.1 Å². The molecular formula is C14H14N2O4. The molecule has 0 saturated heterocycles. The summed E-state index contributed by atoms with van der Waals surface area (Å²) in [7, 11) is 2.80. The van der Waals surface area contributed by atoms with Gasteiger partial charge in [-0.2, -0.15) is 5.10 Å². The van der Waals surface area contributed by atoms with E-state index < -0.39 is 11.4 Å². The topological polar surface area (TPSA) is 70.4 Å². The van der Waals surface area contributed by atoms with Crippen molar-refractivity contribution in [1.29, 1.82) is 0 Å². The Morgan fingerprint density at radius 1 is 1.25 bits per heavy atom. The molecule has 20 heavy (non-hydrogen) atoms. The van der Waals surface area contributed by atoms with Crippen molar-refractivity contribution in [2.45, 2.75) is 6.61 Å². The lowest BCUT2D eigenvalue weighted by molar-refractivity contribution is 0.0590. The third-order valence-corrected chi connectivity index (χ3v) is 2.73. The maximum atomic E-state index is 11.6. The van der Waals surface area contributed by atoms with Crippen molar-refractivity contribution in [3.05, 3.63) is 58.0 Å². The molecule has 0 unspecified atom stereocenters. The van der Waals surface area contributed by atoms with Crippen LogP contribution in [0.1, 0.15) is 16.1 Å². The molecule has 1 aromatic carbocycles. The van der Waals surface area contributed by atoms with Crippen molar-refractivity contribution in [2.75, 3.05) is 14.2 Å². The number of hydrogen-bond donors (Lipinski definition) is 0. The predicted molar refractivity (Wildman–Crippen MR) is 71.9 cm³/mol. The summed E-state index contributed by atoms with van der Waals surface area (Å²) in [4.78, 5) is 23.1. The Balaban J connectivity index is 2.54. The first-order valence-electron chi connectivity index (χ1n) is 5.93. The highest BCUT2D eigenvalue weighted by Crippen LogP contribution is 2.13. The van der Waals surface area contributed by atoms with Crippen LogP contribution in [0, 0.1) is 0 Å². The van der Waals surface area contributed by atoms with E-state index in [0.29, 0.717) is 6.61 Å². The summed E-state index contributed by atoms with van der Waals surface area (Å²) in [6, 6.07) is 8.71. The second-order valence-corrected chi connectivity index (χ2v) is 4.03. The molecule has 6 heteroatoms. The van der Waals surface area contributed by atoms with Crippen LogP contribution >= 0.6 is 0 Å². The molecule has 2 rings (SSSR count). The third-order valence-electron chi connectivity index (χ3n) is 2.73. The Bertz CT molecular complexity index is 679. The second kappa shape index (κ2) is 6.12. The Kier molecular flexibility index (Phi) is 4.27. The first-order chi connectivity index (χ1) is 9.67. The van der Waals surface area contributed by atoms with Gasteiger partial charge in [0.1, 0.15) is 0 Å². The fraction of sp³-hybridized carbons (Fsp3) is 0.214. The Labute approximate surface area is 115 Å². The first-order valence-corrected chi connectivity index (χ1v) is 5.93. The number of carbonyl (C=O) groups excluding carboxylic acids is 1. The molecule has 0 aliphatic rings. The van der Waals surface area contributed by atoms with E-state index in [2.05, 4.69) is 9.84 Å². The van der Waals surface area contributed by atoms with Crippen LogP contribution < -0.4 is 5.43 Å². The number of carbonyl (C=O) groups is 1. The number of para-hydroxylation sites is 1. The lowest BCUT2D eigenvalue weighted by atomic mass is 10.2. The average Bonchev–Trinajstić information content (AvgIpc) is 2.48. The van der Waals surface area contributed by atoms with Crippen LogP contribution in [0.4, 0.5) is 0 Å². The molecule has 2 aromatic rings. The fourth-order valence-electron chi connectivity index (χ4n) is 1.79. The minimum atomic E-state index is -0.756. The highest BCUT2D eigenvalue weighted by molar-refractivity contribution is 5.86. The molecule has 0 bridgehead atoms. The Morgan fingerprint density at radius 3 is 2.70 bits per heavy atom. The molecule has 0 amide bonds. The number of ether oxygens (including phenoxy) is 2. The van der Waals surface area contributed by atoms with Crippen molar-refractivity contribution in [3.8, 4) is 5.69 Å². The molecule has 0 atom stereocenters. The van der Waals surface area contributed by atoms with Crippen LogP contribution in [0.25, 0.3) is 5.69 Å². The van der Waals surface area contributed by atoms with Crippen LogP contribution in [0.2, 0.25) is 0 Å². The number of rotatable bonds is 4. The number of esters is 1. The standard InChI is InChI=1S/C14H14N2O4/c1-19-9-10-5-3-4-6-11(10)16-8-7-12(17)13(15-16)14(18)20-2/h3-8H,9H2,1-2H3. The molecule has 104 valence electrons. The van der Waals surface area contributed by atoms with E-state index in [1.54, 1.807) is 7.11 Å². The molecule has 1 aromatic heterocycles. The minimum Gasteiger partial charge on any atom is -0.464 e. The maximum absolute atomic E-state index is 11.6. The van der Waals surface area contributed by atoms with E-state index in [1.165, 1.54) is 24.1 Å². The first kappa shape index (κ1) is 14.0. The minimum absolute atomic E-state index is 0.248. The van der Waals surface area contributed by atoms with Crippen LogP contribution in [0.5, 0.6) is 0 Å². The smallest absolute Gasteiger partial charge is 0.362 e. The summed E-state index contributed by atoms with van der Waals surface area (Å²) >= 11 is 0. The fourth-order valence-corrected chi connectivity index (χ4v) is 1.79. The van der Waals surface area contributed by atoms with E-state index in [0.717, 1.165) is 11.3 Å². The molecule has 0 aliphatic carbocycles. The summed E-state index contributed by atoms with van der Waals surface area (Å²) < 4.78 is 11.1. The third kappa shape index (κ3) is 2.75. The van der Waals surface area contributed by atoms with Gasteiger partial charge in [-0.05, 0) is 6.07 Å². The van der Waals surface area contributed by atoms with Crippen molar-refractivity contribution in [3.63, 3.8) is 0 Å². The summed E-state index contributed by atoms with van der Waals surface area (Å²) in [5.74, 6) is -0.756. The van der Waals surface area contributed by atoms with Gasteiger partial charge in [0.25, 0.3) is 0 Å². The zero-order valence-electron chi connectivity index (χ0n) is 11.2. The number of benzene rings is 1. The molecule has 0 radical (unpaired) electrons. The quantitative estimate of drug-likeness (QED) is 0.783. The average molecular weight is 274 g/mol. The van der Waals surface area contributed by atoms with Gasteiger partial charge < -0.3 is 9.47 Å². The van der Waals surface area contributed by atoms with Gasteiger partial charge in [0.15, 0.2) is 0 Å². The Morgan fingerprint density at radius 2 is 2.00 bits per heavy atom. The molecule has 0 saturated carbocycles. The van der Waals surface area contributed by atoms with Gasteiger partial charge in [-0.25, -0.2) is 9.48 Å². The van der Waals surface area contributed by atoms with Gasteiger partial charge >= 0.3 is 5.97 Å². The summed E-state index contributed by atoms with van der Waals surface area (Å²) in [5, 5.41) is 4.03. The summed E-state index contributed by atoms with van der Waals surface area (Å²) in [6.07, 6.45) is 1.50. The number of methoxy groups -OCH3 is 2. The normalized spacial score (nSPS) is 10.3. The van der Waals surface area contributed by atoms with Gasteiger partial charge in [-0.1, -0.05) is 18.2 Å². The van der Waals surface area contributed by atoms with Crippen molar-refractivity contribution in [1.82, 2.24) is 9.78 Å². The summed E-state index contributed by atoms with van der Waals surface area (Å²) in [6.45, 7) is 0.400. The van der Waals surface area contributed by atoms with Gasteiger partial charge in [-0.3, -0.25) is 4.79 Å². The van der Waals surface area contributed by atoms with E-state index in [4.69, 9.17) is 4.74 Å². The molecule has 0 N–H and O–H groups in total. The van der Waals surface area contributed by atoms with Crippen molar-refractivity contribution >= 4 is 5.97 Å². The van der Waals surface area contributed by atoms with E-state index in [1.807, 2.05) is 24.3 Å². The molecule has 0 fully saturated rings. The lowest BCUT2D eigenvalue weighted by Gasteiger charge is -2.11. The maximum Gasteiger partial charge on any atom is 0.362 e. The number of hydrogen-bond acceptors (Lipinski definition) is 5. The van der Waals surface area contributed by atoms with Gasteiger partial charge in [0.05, 0.1) is 19.4 Å². The number of nitrogens with zero attached hydrogens (tertiary/aromatic N) is 2. The second-order valence-electron chi connectivity index (χ2n) is 4.03. The van der Waals surface area contributed by atoms with Crippen LogP contribution in [0.15, 0.2) is 41.3 Å². The van der Waals surface area contributed by atoms with Crippen LogP contribution in [-0.4, -0.2) is 30.0 Å². The predicted octanol–water partition coefficient (Wildman–Crippen LogP) is 1.17. The Hall–Kier alpha value is -2.47. The monoisotopic (exact) mass is 274 g/mol. The van der Waals surface area contributed by atoms with E-state index in [9.17, 15) is 9.59 Å². The molecule has 0 aliphatic heterocycles. The molecule has 0 spiro atoms. The molecular weight excluding hydrogens is 260 g/mol. The SMILES string of the molecule is COCc1ccccc1-n1ccc(=O)c(C(=O)OC)n1. The van der Waals surface area contributed by atoms with Crippen molar-refractivity contribution < 1.29 is 14.3 Å². The van der Waals surface area contributed by atoms with Crippen LogP contribution in [0.3, 0.4) is 0 Å². The van der Waals surface area contributed by atoms with Gasteiger partial charge in [0, 0.05) is 24.9 Å². The van der Waals surface area contributed by atoms with Gasteiger partial charge in [0.2, 0.25) is 11.1 Å². The molecule has 1 heterocycles. The zero-order chi connectivity index (χ0) is 14.5. The summed E-state index contributed by atoms with van der Waals surface area (Å²) in [5.41, 5.74) is 0.904. The molecule has 6 nitrogen and oxygen atoms in total. The van der Waals surface area contributed by atoms with Crippen molar-refractivity contribution in [2.24, 2.45) is 0 Å². The van der Waals surface area contributed by atoms with E-state index >= 15 is 0 Å². The number of aromatic nitrogens is 2. The lowest BCUT2D eigenvalue weighted by Crippen LogP contribution is -2.22. The zero-order valence-corrected chi connectivity index (χ0v) is 11.2. The van der Waals surface area contributed by atoms with Gasteiger partial charge in [-0.15, -0.1) is 0 Å². The largest absolute Gasteiger partial charge is 0.464 e. The highest BCUT2D eigenvalue weighted by atomic mass is 16.5.